The highest BCUT2D eigenvalue weighted by Crippen LogP contribution is 2.29. The first kappa shape index (κ1) is 18.1. The van der Waals surface area contributed by atoms with E-state index >= 15 is 0 Å². The zero-order valence-electron chi connectivity index (χ0n) is 16.6. The molecule has 0 amide bonds. The number of nitrogens with zero attached hydrogens (tertiary/aromatic N) is 1. The van der Waals surface area contributed by atoms with Crippen LogP contribution in [0.2, 0.25) is 0 Å². The van der Waals surface area contributed by atoms with Gasteiger partial charge in [-0.15, -0.1) is 0 Å². The first-order valence-electron chi connectivity index (χ1n) is 10.1. The molecule has 30 heavy (non-hydrogen) atoms. The zero-order valence-corrected chi connectivity index (χ0v) is 16.6. The maximum atomic E-state index is 4.64. The second-order valence-corrected chi connectivity index (χ2v) is 7.32. The third kappa shape index (κ3) is 3.78. The van der Waals surface area contributed by atoms with Gasteiger partial charge in [0.25, 0.3) is 0 Å². The molecule has 5 aromatic rings. The van der Waals surface area contributed by atoms with E-state index in [2.05, 4.69) is 114 Å². The highest BCUT2D eigenvalue weighted by molar-refractivity contribution is 5.76. The maximum absolute atomic E-state index is 4.64. The van der Waals surface area contributed by atoms with Crippen LogP contribution in [0.5, 0.6) is 0 Å². The van der Waals surface area contributed by atoms with Crippen molar-refractivity contribution in [1.29, 1.82) is 0 Å². The maximum Gasteiger partial charge on any atom is 0.0708 e. The van der Waals surface area contributed by atoms with Crippen molar-refractivity contribution in [3.8, 4) is 44.6 Å². The van der Waals surface area contributed by atoms with Gasteiger partial charge in [-0.25, -0.2) is 0 Å². The molecule has 1 heterocycles. The summed E-state index contributed by atoms with van der Waals surface area (Å²) in [5.74, 6) is 0. The summed E-state index contributed by atoms with van der Waals surface area (Å²) in [5.41, 5.74) is 9.35. The predicted molar refractivity (Wildman–Crippen MR) is 126 cm³/mol. The van der Waals surface area contributed by atoms with Crippen LogP contribution in [0.4, 0.5) is 0 Å². The van der Waals surface area contributed by atoms with Crippen LogP contribution in [0.15, 0.2) is 128 Å². The first-order valence-corrected chi connectivity index (χ1v) is 10.1. The Morgan fingerprint density at radius 1 is 0.333 bits per heavy atom. The summed E-state index contributed by atoms with van der Waals surface area (Å²) in [6.07, 6.45) is 1.89. The van der Waals surface area contributed by atoms with Crippen molar-refractivity contribution >= 4 is 0 Å². The summed E-state index contributed by atoms with van der Waals surface area (Å²) in [7, 11) is 0. The normalized spacial score (nSPS) is 10.7. The van der Waals surface area contributed by atoms with Crippen molar-refractivity contribution in [2.24, 2.45) is 0 Å². The topological polar surface area (TPSA) is 12.9 Å². The molecule has 4 aromatic carbocycles. The number of rotatable bonds is 4. The minimum Gasteiger partial charge on any atom is -0.256 e. The second kappa shape index (κ2) is 8.18. The molecule has 0 bridgehead atoms. The van der Waals surface area contributed by atoms with Gasteiger partial charge >= 0.3 is 0 Å². The molecule has 142 valence electrons. The molecule has 0 radical (unpaired) electrons. The fourth-order valence-corrected chi connectivity index (χ4v) is 3.74. The molecule has 1 nitrogen and oxygen atoms in total. The highest BCUT2D eigenvalue weighted by Gasteiger charge is 2.06. The summed E-state index contributed by atoms with van der Waals surface area (Å²) < 4.78 is 0. The van der Waals surface area contributed by atoms with Crippen LogP contribution < -0.4 is 0 Å². The molecule has 0 saturated heterocycles. The molecule has 1 aromatic heterocycles. The molecule has 0 unspecified atom stereocenters. The summed E-state index contributed by atoms with van der Waals surface area (Å²) in [6, 6.07) is 42.5. The average molecular weight is 383 g/mol. The Labute approximate surface area is 177 Å². The van der Waals surface area contributed by atoms with Gasteiger partial charge < -0.3 is 0 Å². The largest absolute Gasteiger partial charge is 0.256 e. The van der Waals surface area contributed by atoms with Gasteiger partial charge in [0.15, 0.2) is 0 Å². The SMILES string of the molecule is c1ccc(-c2ccc(-c3ccnc(-c4cccc(-c5ccccc5)c4)c3)cc2)cc1. The van der Waals surface area contributed by atoms with Crippen LogP contribution in [0.3, 0.4) is 0 Å². The monoisotopic (exact) mass is 383 g/mol. The van der Waals surface area contributed by atoms with Gasteiger partial charge in [-0.3, -0.25) is 4.98 Å². The molecule has 0 spiro atoms. The first-order chi connectivity index (χ1) is 14.9. The fraction of sp³-hybridized carbons (Fsp3) is 0. The molecule has 5 rings (SSSR count). The summed E-state index contributed by atoms with van der Waals surface area (Å²) in [4.78, 5) is 4.64. The molecular weight excluding hydrogens is 362 g/mol. The Hall–Kier alpha value is -3.97. The Bertz CT molecular complexity index is 1260. The molecular formula is C29H21N. The Balaban J connectivity index is 1.46. The van der Waals surface area contributed by atoms with Gasteiger partial charge in [-0.2, -0.15) is 0 Å². The average Bonchev–Trinajstić information content (AvgIpc) is 2.85. The lowest BCUT2D eigenvalue weighted by Gasteiger charge is -2.08. The van der Waals surface area contributed by atoms with E-state index in [4.69, 9.17) is 0 Å². The van der Waals surface area contributed by atoms with E-state index in [-0.39, 0.29) is 0 Å². The molecule has 1 heteroatoms. The van der Waals surface area contributed by atoms with Crippen LogP contribution in [0.25, 0.3) is 44.6 Å². The number of aromatic nitrogens is 1. The van der Waals surface area contributed by atoms with Crippen molar-refractivity contribution in [3.63, 3.8) is 0 Å². The molecule has 0 N–H and O–H groups in total. The van der Waals surface area contributed by atoms with Crippen molar-refractivity contribution in [1.82, 2.24) is 4.98 Å². The summed E-state index contributed by atoms with van der Waals surface area (Å²) in [6.45, 7) is 0. The minimum absolute atomic E-state index is 0.984. The van der Waals surface area contributed by atoms with E-state index in [1.165, 1.54) is 33.4 Å². The zero-order chi connectivity index (χ0) is 20.2. The second-order valence-electron chi connectivity index (χ2n) is 7.32. The summed E-state index contributed by atoms with van der Waals surface area (Å²) >= 11 is 0. The van der Waals surface area contributed by atoms with Crippen molar-refractivity contribution in [2.45, 2.75) is 0 Å². The highest BCUT2D eigenvalue weighted by atomic mass is 14.7. The quantitative estimate of drug-likeness (QED) is 0.309. The van der Waals surface area contributed by atoms with Gasteiger partial charge in [-0.05, 0) is 51.6 Å². The molecule has 0 saturated carbocycles. The lowest BCUT2D eigenvalue weighted by molar-refractivity contribution is 1.33. The lowest BCUT2D eigenvalue weighted by atomic mass is 9.98. The van der Waals surface area contributed by atoms with E-state index < -0.39 is 0 Å². The van der Waals surface area contributed by atoms with E-state index in [9.17, 15) is 0 Å². The lowest BCUT2D eigenvalue weighted by Crippen LogP contribution is -1.87. The molecule has 0 aliphatic rings. The Kier molecular flexibility index (Phi) is 4.93. The number of hydrogen-bond acceptors (Lipinski definition) is 1. The van der Waals surface area contributed by atoms with Gasteiger partial charge in [0.1, 0.15) is 0 Å². The number of hydrogen-bond donors (Lipinski definition) is 0. The third-order valence-electron chi connectivity index (χ3n) is 5.35. The Morgan fingerprint density at radius 3 is 1.47 bits per heavy atom. The number of benzene rings is 4. The molecule has 0 aliphatic carbocycles. The van der Waals surface area contributed by atoms with Crippen LogP contribution in [0, 0.1) is 0 Å². The van der Waals surface area contributed by atoms with E-state index in [1.54, 1.807) is 0 Å². The van der Waals surface area contributed by atoms with E-state index in [1.807, 2.05) is 18.3 Å². The van der Waals surface area contributed by atoms with Crippen LogP contribution in [-0.2, 0) is 0 Å². The molecule has 0 atom stereocenters. The van der Waals surface area contributed by atoms with Gasteiger partial charge in [0.05, 0.1) is 5.69 Å². The van der Waals surface area contributed by atoms with Crippen molar-refractivity contribution in [3.05, 3.63) is 128 Å². The van der Waals surface area contributed by atoms with Gasteiger partial charge in [0, 0.05) is 11.8 Å². The molecule has 0 aliphatic heterocycles. The van der Waals surface area contributed by atoms with Crippen molar-refractivity contribution in [2.75, 3.05) is 0 Å². The third-order valence-corrected chi connectivity index (χ3v) is 5.35. The number of pyridine rings is 1. The van der Waals surface area contributed by atoms with Gasteiger partial charge in [0.2, 0.25) is 0 Å². The van der Waals surface area contributed by atoms with Crippen LogP contribution >= 0.6 is 0 Å². The van der Waals surface area contributed by atoms with Gasteiger partial charge in [-0.1, -0.05) is 103 Å². The minimum atomic E-state index is 0.984. The van der Waals surface area contributed by atoms with Crippen molar-refractivity contribution < 1.29 is 0 Å². The predicted octanol–water partition coefficient (Wildman–Crippen LogP) is 7.75. The fourth-order valence-electron chi connectivity index (χ4n) is 3.74. The Morgan fingerprint density at radius 2 is 0.800 bits per heavy atom. The standard InChI is InChI=1S/C29H21N/c1-3-8-22(9-4-1)24-14-16-25(17-15-24)27-18-19-30-29(21-27)28-13-7-12-26(20-28)23-10-5-2-6-11-23/h1-21H. The van der Waals surface area contributed by atoms with E-state index in [0.717, 1.165) is 11.3 Å². The summed E-state index contributed by atoms with van der Waals surface area (Å²) in [5, 5.41) is 0. The van der Waals surface area contributed by atoms with Crippen LogP contribution in [0.1, 0.15) is 0 Å². The smallest absolute Gasteiger partial charge is 0.0708 e. The molecule has 0 fully saturated rings. The van der Waals surface area contributed by atoms with Crippen LogP contribution in [-0.4, -0.2) is 4.98 Å². The van der Waals surface area contributed by atoms with E-state index in [0.29, 0.717) is 0 Å².